The second-order valence-electron chi connectivity index (χ2n) is 3.68. The van der Waals surface area contributed by atoms with E-state index in [-0.39, 0.29) is 0 Å². The lowest BCUT2D eigenvalue weighted by molar-refractivity contribution is 0.935. The lowest BCUT2D eigenvalue weighted by atomic mass is 10.2. The minimum absolute atomic E-state index is 0.853. The third kappa shape index (κ3) is 1.63. The maximum absolute atomic E-state index is 4.34. The maximum atomic E-state index is 4.34. The van der Waals surface area contributed by atoms with Crippen LogP contribution in [0.1, 0.15) is 5.82 Å². The molecule has 0 fully saturated rings. The van der Waals surface area contributed by atoms with Gasteiger partial charge >= 0.3 is 0 Å². The van der Waals surface area contributed by atoms with Crippen molar-refractivity contribution in [3.63, 3.8) is 0 Å². The van der Waals surface area contributed by atoms with Crippen molar-refractivity contribution in [2.24, 2.45) is 0 Å². The minimum atomic E-state index is 0.853. The highest BCUT2D eigenvalue weighted by Gasteiger charge is 2.09. The summed E-state index contributed by atoms with van der Waals surface area (Å²) in [6, 6.07) is 5.96. The van der Waals surface area contributed by atoms with E-state index in [1.54, 1.807) is 12.5 Å². The monoisotopic (exact) mass is 288 g/mol. The Balaban J connectivity index is 2.38. The standard InChI is InChI=1S/C12H9BrN4/c1-8-14-5-6-17(8)12-9-3-2-4-10(13)11(9)15-7-16-12/h2-7H,1H3. The predicted molar refractivity (Wildman–Crippen MR) is 69.1 cm³/mol. The summed E-state index contributed by atoms with van der Waals surface area (Å²) >= 11 is 3.50. The number of imidazole rings is 1. The largest absolute Gasteiger partial charge is 0.288 e. The van der Waals surface area contributed by atoms with E-state index < -0.39 is 0 Å². The lowest BCUT2D eigenvalue weighted by Gasteiger charge is -2.07. The van der Waals surface area contributed by atoms with E-state index in [0.29, 0.717) is 0 Å². The number of fused-ring (bicyclic) bond motifs is 1. The zero-order valence-corrected chi connectivity index (χ0v) is 10.7. The van der Waals surface area contributed by atoms with E-state index in [4.69, 9.17) is 0 Å². The van der Waals surface area contributed by atoms with Gasteiger partial charge in [-0.05, 0) is 35.0 Å². The molecule has 0 saturated carbocycles. The summed E-state index contributed by atoms with van der Waals surface area (Å²) in [6.45, 7) is 1.95. The number of hydrogen-bond donors (Lipinski definition) is 0. The highest BCUT2D eigenvalue weighted by molar-refractivity contribution is 9.10. The van der Waals surface area contributed by atoms with Crippen LogP contribution in [-0.4, -0.2) is 19.5 Å². The van der Waals surface area contributed by atoms with Crippen LogP contribution in [0.2, 0.25) is 0 Å². The highest BCUT2D eigenvalue weighted by Crippen LogP contribution is 2.25. The molecule has 2 aromatic heterocycles. The van der Waals surface area contributed by atoms with Crippen LogP contribution in [-0.2, 0) is 0 Å². The van der Waals surface area contributed by atoms with Crippen molar-refractivity contribution in [1.82, 2.24) is 19.5 Å². The Morgan fingerprint density at radius 1 is 1.18 bits per heavy atom. The quantitative estimate of drug-likeness (QED) is 0.692. The van der Waals surface area contributed by atoms with Crippen molar-refractivity contribution in [1.29, 1.82) is 0 Å². The van der Waals surface area contributed by atoms with Crippen molar-refractivity contribution in [3.05, 3.63) is 47.2 Å². The molecule has 84 valence electrons. The SMILES string of the molecule is Cc1nccn1-c1ncnc2c(Br)cccc12. The zero-order chi connectivity index (χ0) is 11.8. The third-order valence-corrected chi connectivity index (χ3v) is 3.29. The first-order valence-electron chi connectivity index (χ1n) is 5.17. The number of para-hydroxylation sites is 1. The number of benzene rings is 1. The molecule has 0 radical (unpaired) electrons. The van der Waals surface area contributed by atoms with Crippen LogP contribution in [0.25, 0.3) is 16.7 Å². The number of hydrogen-bond acceptors (Lipinski definition) is 3. The summed E-state index contributed by atoms with van der Waals surface area (Å²) in [6.07, 6.45) is 5.24. The van der Waals surface area contributed by atoms with Gasteiger partial charge in [0, 0.05) is 22.3 Å². The molecule has 0 unspecified atom stereocenters. The topological polar surface area (TPSA) is 43.6 Å². The first kappa shape index (κ1) is 10.4. The average molecular weight is 289 g/mol. The molecule has 0 aliphatic rings. The van der Waals surface area contributed by atoms with Crippen molar-refractivity contribution in [2.45, 2.75) is 6.92 Å². The molecule has 0 bridgehead atoms. The Morgan fingerprint density at radius 3 is 2.82 bits per heavy atom. The van der Waals surface area contributed by atoms with Gasteiger partial charge in [0.1, 0.15) is 18.0 Å². The average Bonchev–Trinajstić information content (AvgIpc) is 2.75. The van der Waals surface area contributed by atoms with Gasteiger partial charge in [0.15, 0.2) is 0 Å². The molecule has 3 aromatic rings. The molecule has 2 heterocycles. The number of nitrogens with zero attached hydrogens (tertiary/aromatic N) is 4. The minimum Gasteiger partial charge on any atom is -0.288 e. The molecule has 0 amide bonds. The van der Waals surface area contributed by atoms with Gasteiger partial charge < -0.3 is 0 Å². The van der Waals surface area contributed by atoms with Crippen LogP contribution in [0.3, 0.4) is 0 Å². The second-order valence-corrected chi connectivity index (χ2v) is 4.53. The van der Waals surface area contributed by atoms with E-state index >= 15 is 0 Å². The fourth-order valence-electron chi connectivity index (χ4n) is 1.83. The van der Waals surface area contributed by atoms with Gasteiger partial charge in [-0.25, -0.2) is 15.0 Å². The van der Waals surface area contributed by atoms with Gasteiger partial charge in [-0.3, -0.25) is 4.57 Å². The Bertz CT molecular complexity index is 690. The maximum Gasteiger partial charge on any atom is 0.149 e. The van der Waals surface area contributed by atoms with Crippen molar-refractivity contribution in [2.75, 3.05) is 0 Å². The molecular weight excluding hydrogens is 280 g/mol. The van der Waals surface area contributed by atoms with Crippen LogP contribution in [0, 0.1) is 6.92 Å². The Morgan fingerprint density at radius 2 is 2.06 bits per heavy atom. The van der Waals surface area contributed by atoms with Gasteiger partial charge in [-0.1, -0.05) is 6.07 Å². The smallest absolute Gasteiger partial charge is 0.149 e. The van der Waals surface area contributed by atoms with Crippen LogP contribution in [0.4, 0.5) is 0 Å². The van der Waals surface area contributed by atoms with Gasteiger partial charge in [-0.2, -0.15) is 0 Å². The van der Waals surface area contributed by atoms with Crippen LogP contribution in [0.15, 0.2) is 41.4 Å². The summed E-state index contributed by atoms with van der Waals surface area (Å²) in [5, 5.41) is 1.00. The van der Waals surface area contributed by atoms with Crippen molar-refractivity contribution >= 4 is 26.8 Å². The van der Waals surface area contributed by atoms with Crippen LogP contribution in [0.5, 0.6) is 0 Å². The van der Waals surface area contributed by atoms with E-state index in [1.807, 2.05) is 35.9 Å². The summed E-state index contributed by atoms with van der Waals surface area (Å²) < 4.78 is 2.92. The molecule has 1 aromatic carbocycles. The normalized spacial score (nSPS) is 10.9. The first-order valence-corrected chi connectivity index (χ1v) is 5.96. The van der Waals surface area contributed by atoms with Crippen LogP contribution < -0.4 is 0 Å². The van der Waals surface area contributed by atoms with E-state index in [2.05, 4.69) is 30.9 Å². The molecule has 5 heteroatoms. The summed E-state index contributed by atoms with van der Waals surface area (Å²) in [7, 11) is 0. The molecule has 0 aliphatic carbocycles. The Labute approximate surface area is 106 Å². The molecule has 0 atom stereocenters. The molecular formula is C12H9BrN4. The summed E-state index contributed by atoms with van der Waals surface area (Å²) in [4.78, 5) is 12.8. The second kappa shape index (κ2) is 3.92. The molecule has 0 spiro atoms. The molecule has 0 saturated heterocycles. The summed E-state index contributed by atoms with van der Waals surface area (Å²) in [5.41, 5.74) is 0.908. The number of aromatic nitrogens is 4. The number of aryl methyl sites for hydroxylation is 1. The fourth-order valence-corrected chi connectivity index (χ4v) is 2.30. The Kier molecular flexibility index (Phi) is 2.40. The molecule has 0 aliphatic heterocycles. The predicted octanol–water partition coefficient (Wildman–Crippen LogP) is 2.89. The van der Waals surface area contributed by atoms with E-state index in [9.17, 15) is 0 Å². The summed E-state index contributed by atoms with van der Waals surface area (Å²) in [5.74, 6) is 1.76. The van der Waals surface area contributed by atoms with Gasteiger partial charge in [0.2, 0.25) is 0 Å². The van der Waals surface area contributed by atoms with Crippen molar-refractivity contribution < 1.29 is 0 Å². The third-order valence-electron chi connectivity index (χ3n) is 2.65. The fraction of sp³-hybridized carbons (Fsp3) is 0.0833. The zero-order valence-electron chi connectivity index (χ0n) is 9.13. The number of halogens is 1. The van der Waals surface area contributed by atoms with E-state index in [1.165, 1.54) is 0 Å². The molecule has 17 heavy (non-hydrogen) atoms. The highest BCUT2D eigenvalue weighted by atomic mass is 79.9. The van der Waals surface area contributed by atoms with Gasteiger partial charge in [0.05, 0.1) is 5.52 Å². The molecule has 0 N–H and O–H groups in total. The first-order chi connectivity index (χ1) is 8.27. The van der Waals surface area contributed by atoms with Gasteiger partial charge in [0.25, 0.3) is 0 Å². The lowest BCUT2D eigenvalue weighted by Crippen LogP contribution is -2.00. The molecule has 4 nitrogen and oxygen atoms in total. The van der Waals surface area contributed by atoms with Crippen LogP contribution >= 0.6 is 15.9 Å². The van der Waals surface area contributed by atoms with E-state index in [0.717, 1.165) is 27.0 Å². The van der Waals surface area contributed by atoms with Gasteiger partial charge in [-0.15, -0.1) is 0 Å². The molecule has 3 rings (SSSR count). The van der Waals surface area contributed by atoms with Crippen molar-refractivity contribution in [3.8, 4) is 5.82 Å². The number of rotatable bonds is 1. The Hall–Kier alpha value is -1.75.